The van der Waals surface area contributed by atoms with Crippen LogP contribution in [-0.4, -0.2) is 40.3 Å². The number of aromatic nitrogens is 3. The second-order valence-corrected chi connectivity index (χ2v) is 5.16. The summed E-state index contributed by atoms with van der Waals surface area (Å²) in [6, 6.07) is 4.60. The van der Waals surface area contributed by atoms with Crippen LogP contribution in [0.4, 0.5) is 5.95 Å². The van der Waals surface area contributed by atoms with Crippen molar-refractivity contribution in [1.82, 2.24) is 19.9 Å². The van der Waals surface area contributed by atoms with Gasteiger partial charge in [-0.3, -0.25) is 0 Å². The zero-order chi connectivity index (χ0) is 13.2. The molecule has 5 nitrogen and oxygen atoms in total. The van der Waals surface area contributed by atoms with Crippen LogP contribution in [0, 0.1) is 6.92 Å². The molecule has 3 rings (SSSR count). The molecule has 0 amide bonds. The molecule has 0 bridgehead atoms. The Morgan fingerprint density at radius 1 is 1.53 bits per heavy atom. The van der Waals surface area contributed by atoms with Gasteiger partial charge in [-0.25, -0.2) is 4.52 Å². The molecule has 0 aliphatic carbocycles. The zero-order valence-electron chi connectivity index (χ0n) is 11.6. The second kappa shape index (κ2) is 5.17. The molecule has 0 aromatic carbocycles. The third-order valence-electron chi connectivity index (χ3n) is 3.86. The molecule has 1 N–H and O–H groups in total. The first-order valence-corrected chi connectivity index (χ1v) is 7.09. The zero-order valence-corrected chi connectivity index (χ0v) is 11.6. The summed E-state index contributed by atoms with van der Waals surface area (Å²) in [5.41, 5.74) is 2.12. The van der Waals surface area contributed by atoms with Gasteiger partial charge in [-0.2, -0.15) is 4.98 Å². The van der Waals surface area contributed by atoms with Gasteiger partial charge in [0.25, 0.3) is 0 Å². The molecule has 0 saturated carbocycles. The van der Waals surface area contributed by atoms with Gasteiger partial charge in [0, 0.05) is 25.3 Å². The molecule has 102 valence electrons. The van der Waals surface area contributed by atoms with Crippen LogP contribution in [0.25, 0.3) is 5.65 Å². The first-order chi connectivity index (χ1) is 9.29. The molecule has 0 radical (unpaired) electrons. The summed E-state index contributed by atoms with van der Waals surface area (Å²) in [6.45, 7) is 7.36. The van der Waals surface area contributed by atoms with Crippen molar-refractivity contribution >= 4 is 11.6 Å². The van der Waals surface area contributed by atoms with Gasteiger partial charge in [0.15, 0.2) is 5.65 Å². The largest absolute Gasteiger partial charge is 0.336 e. The van der Waals surface area contributed by atoms with E-state index in [4.69, 9.17) is 4.98 Å². The molecule has 1 atom stereocenters. The van der Waals surface area contributed by atoms with E-state index >= 15 is 0 Å². The lowest BCUT2D eigenvalue weighted by molar-refractivity contribution is 0.431. The first kappa shape index (κ1) is 12.4. The molecular formula is C14H21N5. The summed E-state index contributed by atoms with van der Waals surface area (Å²) in [5.74, 6) is 0.852. The number of likely N-dealkylation sites (N-methyl/N-ethyl adjacent to an activating group) is 1. The van der Waals surface area contributed by atoms with Crippen LogP contribution in [0.5, 0.6) is 0 Å². The van der Waals surface area contributed by atoms with Crippen LogP contribution in [-0.2, 0) is 0 Å². The molecule has 5 heteroatoms. The smallest absolute Gasteiger partial charge is 0.245 e. The topological polar surface area (TPSA) is 45.5 Å². The predicted molar refractivity (Wildman–Crippen MR) is 76.6 cm³/mol. The molecular weight excluding hydrogens is 238 g/mol. The van der Waals surface area contributed by atoms with Gasteiger partial charge in [-0.1, -0.05) is 6.07 Å². The molecule has 1 aliphatic heterocycles. The Kier molecular flexibility index (Phi) is 3.38. The quantitative estimate of drug-likeness (QED) is 0.909. The molecule has 0 spiro atoms. The minimum absolute atomic E-state index is 0.511. The van der Waals surface area contributed by atoms with E-state index in [-0.39, 0.29) is 0 Å². The van der Waals surface area contributed by atoms with Crippen LogP contribution < -0.4 is 10.2 Å². The van der Waals surface area contributed by atoms with E-state index in [2.05, 4.69) is 35.2 Å². The monoisotopic (exact) mass is 259 g/mol. The van der Waals surface area contributed by atoms with Crippen molar-refractivity contribution in [2.75, 3.05) is 24.5 Å². The molecule has 1 saturated heterocycles. The van der Waals surface area contributed by atoms with Gasteiger partial charge >= 0.3 is 0 Å². The highest BCUT2D eigenvalue weighted by Crippen LogP contribution is 2.19. The van der Waals surface area contributed by atoms with Crippen molar-refractivity contribution in [2.24, 2.45) is 0 Å². The third kappa shape index (κ3) is 2.30. The number of hydrogen-bond acceptors (Lipinski definition) is 4. The number of pyridine rings is 1. The van der Waals surface area contributed by atoms with Crippen LogP contribution in [0.2, 0.25) is 0 Å². The normalized spacial score (nSPS) is 19.8. The minimum Gasteiger partial charge on any atom is -0.336 e. The van der Waals surface area contributed by atoms with Gasteiger partial charge in [0.2, 0.25) is 5.95 Å². The summed E-state index contributed by atoms with van der Waals surface area (Å²) in [6.07, 6.45) is 4.41. The lowest BCUT2D eigenvalue weighted by Crippen LogP contribution is -2.46. The summed E-state index contributed by atoms with van der Waals surface area (Å²) < 4.78 is 1.88. The Labute approximate surface area is 113 Å². The number of anilines is 1. The number of rotatable bonds is 3. The molecule has 2 aromatic heterocycles. The lowest BCUT2D eigenvalue weighted by atomic mass is 10.1. The Hall–Kier alpha value is -1.62. The van der Waals surface area contributed by atoms with Crippen molar-refractivity contribution in [3.05, 3.63) is 23.9 Å². The van der Waals surface area contributed by atoms with Gasteiger partial charge in [-0.05, 0) is 44.9 Å². The van der Waals surface area contributed by atoms with E-state index in [0.29, 0.717) is 6.04 Å². The molecule has 3 heterocycles. The van der Waals surface area contributed by atoms with E-state index in [9.17, 15) is 0 Å². The molecule has 1 aliphatic rings. The van der Waals surface area contributed by atoms with E-state index in [1.807, 2.05) is 16.8 Å². The van der Waals surface area contributed by atoms with Gasteiger partial charge in [0.1, 0.15) is 0 Å². The Morgan fingerprint density at radius 2 is 2.42 bits per heavy atom. The number of piperidine rings is 1. The van der Waals surface area contributed by atoms with E-state index in [0.717, 1.165) is 31.2 Å². The molecule has 19 heavy (non-hydrogen) atoms. The number of fused-ring (bicyclic) bond motifs is 1. The summed E-state index contributed by atoms with van der Waals surface area (Å²) in [7, 11) is 0. The average molecular weight is 259 g/mol. The standard InChI is InChI=1S/C14H21N5/c1-3-18(12-7-4-8-15-10-12)14-16-13-11(2)6-5-9-19(13)17-14/h5-6,9,12,15H,3-4,7-8,10H2,1-2H3. The van der Waals surface area contributed by atoms with Crippen LogP contribution >= 0.6 is 0 Å². The van der Waals surface area contributed by atoms with Crippen LogP contribution in [0.1, 0.15) is 25.3 Å². The fourth-order valence-corrected chi connectivity index (χ4v) is 2.81. The van der Waals surface area contributed by atoms with Crippen LogP contribution in [0.3, 0.4) is 0 Å². The SMILES string of the molecule is CCN(c1nc2c(C)cccn2n1)C1CCCNC1. The summed E-state index contributed by atoms with van der Waals surface area (Å²) >= 11 is 0. The predicted octanol–water partition coefficient (Wildman–Crippen LogP) is 1.62. The third-order valence-corrected chi connectivity index (χ3v) is 3.86. The van der Waals surface area contributed by atoms with Crippen molar-refractivity contribution < 1.29 is 0 Å². The first-order valence-electron chi connectivity index (χ1n) is 7.09. The maximum absolute atomic E-state index is 4.71. The lowest BCUT2D eigenvalue weighted by Gasteiger charge is -2.33. The average Bonchev–Trinajstić information content (AvgIpc) is 2.86. The summed E-state index contributed by atoms with van der Waals surface area (Å²) in [5, 5.41) is 8.08. The molecule has 1 fully saturated rings. The summed E-state index contributed by atoms with van der Waals surface area (Å²) in [4.78, 5) is 7.03. The highest BCUT2D eigenvalue weighted by Gasteiger charge is 2.23. The Bertz CT molecular complexity index is 556. The number of nitrogens with zero attached hydrogens (tertiary/aromatic N) is 4. The fourth-order valence-electron chi connectivity index (χ4n) is 2.81. The van der Waals surface area contributed by atoms with Crippen molar-refractivity contribution in [3.8, 4) is 0 Å². The Balaban J connectivity index is 1.94. The molecule has 1 unspecified atom stereocenters. The van der Waals surface area contributed by atoms with Crippen molar-refractivity contribution in [3.63, 3.8) is 0 Å². The van der Waals surface area contributed by atoms with E-state index in [1.54, 1.807) is 0 Å². The van der Waals surface area contributed by atoms with Crippen LogP contribution in [0.15, 0.2) is 18.3 Å². The van der Waals surface area contributed by atoms with Crippen molar-refractivity contribution in [1.29, 1.82) is 0 Å². The van der Waals surface area contributed by atoms with Gasteiger partial charge < -0.3 is 10.2 Å². The number of nitrogens with one attached hydrogen (secondary N) is 1. The highest BCUT2D eigenvalue weighted by atomic mass is 15.4. The minimum atomic E-state index is 0.511. The second-order valence-electron chi connectivity index (χ2n) is 5.16. The van der Waals surface area contributed by atoms with Gasteiger partial charge in [0.05, 0.1) is 0 Å². The Morgan fingerprint density at radius 3 is 3.11 bits per heavy atom. The van der Waals surface area contributed by atoms with Gasteiger partial charge in [-0.15, -0.1) is 5.10 Å². The molecule has 2 aromatic rings. The van der Waals surface area contributed by atoms with Crippen molar-refractivity contribution in [2.45, 2.75) is 32.7 Å². The number of hydrogen-bond donors (Lipinski definition) is 1. The fraction of sp³-hybridized carbons (Fsp3) is 0.571. The van der Waals surface area contributed by atoms with E-state index in [1.165, 1.54) is 18.4 Å². The number of aryl methyl sites for hydroxylation is 1. The maximum atomic E-state index is 4.71. The maximum Gasteiger partial charge on any atom is 0.245 e. The highest BCUT2D eigenvalue weighted by molar-refractivity contribution is 5.51. The van der Waals surface area contributed by atoms with E-state index < -0.39 is 0 Å².